The molecule has 0 N–H and O–H groups in total. The van der Waals surface area contributed by atoms with E-state index in [-0.39, 0.29) is 11.5 Å². The zero-order valence-corrected chi connectivity index (χ0v) is 15.5. The van der Waals surface area contributed by atoms with E-state index in [1.54, 1.807) is 7.11 Å². The van der Waals surface area contributed by atoms with Crippen LogP contribution in [-0.2, 0) is 9.47 Å². The molecule has 1 aliphatic heterocycles. The zero-order chi connectivity index (χ0) is 17.7. The summed E-state index contributed by atoms with van der Waals surface area (Å²) in [5.74, 6) is 0.569. The molecule has 1 fully saturated rings. The van der Waals surface area contributed by atoms with E-state index in [0.717, 1.165) is 19.7 Å². The van der Waals surface area contributed by atoms with Gasteiger partial charge in [0.15, 0.2) is 0 Å². The van der Waals surface area contributed by atoms with Gasteiger partial charge in [0.1, 0.15) is 6.79 Å². The van der Waals surface area contributed by atoms with Crippen molar-refractivity contribution in [2.24, 2.45) is 11.3 Å². The van der Waals surface area contributed by atoms with Gasteiger partial charge in [-0.3, -0.25) is 4.90 Å². The van der Waals surface area contributed by atoms with Crippen molar-refractivity contribution in [3.63, 3.8) is 0 Å². The van der Waals surface area contributed by atoms with Crippen LogP contribution in [0.1, 0.15) is 31.0 Å². The lowest BCUT2D eigenvalue weighted by Gasteiger charge is -2.31. The minimum Gasteiger partial charge on any atom is -0.359 e. The molecule has 1 heterocycles. The molecule has 25 heavy (non-hydrogen) atoms. The highest BCUT2D eigenvalue weighted by Crippen LogP contribution is 2.41. The van der Waals surface area contributed by atoms with Crippen molar-refractivity contribution >= 4 is 0 Å². The molecule has 0 bridgehead atoms. The average molecular weight is 339 g/mol. The molecule has 0 saturated carbocycles. The molecule has 0 radical (unpaired) electrons. The summed E-state index contributed by atoms with van der Waals surface area (Å²) in [6.07, 6.45) is 0. The Kier molecular flexibility index (Phi) is 5.89. The summed E-state index contributed by atoms with van der Waals surface area (Å²) in [7, 11) is 1.67. The monoisotopic (exact) mass is 339 g/mol. The maximum atomic E-state index is 5.73. The van der Waals surface area contributed by atoms with Crippen LogP contribution >= 0.6 is 0 Å². The number of nitrogens with zero attached hydrogens (tertiary/aromatic N) is 1. The molecule has 2 aromatic carbocycles. The number of hydrogen-bond donors (Lipinski definition) is 0. The first-order valence-corrected chi connectivity index (χ1v) is 9.05. The van der Waals surface area contributed by atoms with Crippen molar-refractivity contribution in [3.05, 3.63) is 71.8 Å². The van der Waals surface area contributed by atoms with Crippen LogP contribution in [0.4, 0.5) is 0 Å². The van der Waals surface area contributed by atoms with Gasteiger partial charge >= 0.3 is 0 Å². The van der Waals surface area contributed by atoms with Gasteiger partial charge in [-0.2, -0.15) is 0 Å². The highest BCUT2D eigenvalue weighted by Gasteiger charge is 2.43. The molecule has 3 nitrogen and oxygen atoms in total. The highest BCUT2D eigenvalue weighted by atomic mass is 16.7. The van der Waals surface area contributed by atoms with E-state index in [0.29, 0.717) is 12.7 Å². The Bertz CT molecular complexity index is 606. The largest absolute Gasteiger partial charge is 0.359 e. The van der Waals surface area contributed by atoms with Crippen molar-refractivity contribution in [1.29, 1.82) is 0 Å². The fourth-order valence-corrected chi connectivity index (χ4v) is 3.88. The van der Waals surface area contributed by atoms with Gasteiger partial charge in [0.05, 0.1) is 12.6 Å². The highest BCUT2D eigenvalue weighted by molar-refractivity contribution is 5.32. The van der Waals surface area contributed by atoms with E-state index in [4.69, 9.17) is 9.47 Å². The second-order valence-electron chi connectivity index (χ2n) is 7.46. The van der Waals surface area contributed by atoms with Crippen LogP contribution in [0.15, 0.2) is 60.7 Å². The standard InChI is InChI=1S/C22H29NO2/c1-18-14-23(15-22(18,2)16-25-17-24-3)21(19-10-6-4-7-11-19)20-12-8-5-9-13-20/h4-13,18,21H,14-17H2,1-3H3/t18-,22-/m1/s1. The Morgan fingerprint density at radius 1 is 1.04 bits per heavy atom. The first-order chi connectivity index (χ1) is 12.1. The van der Waals surface area contributed by atoms with E-state index in [2.05, 4.69) is 79.4 Å². The third kappa shape index (κ3) is 4.12. The Labute approximate surface area is 151 Å². The number of methoxy groups -OCH3 is 1. The van der Waals surface area contributed by atoms with E-state index in [1.165, 1.54) is 11.1 Å². The van der Waals surface area contributed by atoms with Crippen LogP contribution in [0.5, 0.6) is 0 Å². The van der Waals surface area contributed by atoms with Crippen LogP contribution in [0.25, 0.3) is 0 Å². The summed E-state index contributed by atoms with van der Waals surface area (Å²) in [6.45, 7) is 7.86. The SMILES string of the molecule is COCOC[C@@]1(C)CN(C(c2ccccc2)c2ccccc2)C[C@H]1C. The van der Waals surface area contributed by atoms with Crippen LogP contribution in [0.2, 0.25) is 0 Å². The van der Waals surface area contributed by atoms with Crippen LogP contribution in [0, 0.1) is 11.3 Å². The van der Waals surface area contributed by atoms with Gasteiger partial charge in [0.2, 0.25) is 0 Å². The minimum atomic E-state index is 0.139. The van der Waals surface area contributed by atoms with E-state index in [9.17, 15) is 0 Å². The molecule has 2 aromatic rings. The van der Waals surface area contributed by atoms with Gasteiger partial charge in [-0.25, -0.2) is 0 Å². The third-order valence-electron chi connectivity index (χ3n) is 5.49. The summed E-state index contributed by atoms with van der Waals surface area (Å²) in [5, 5.41) is 0. The predicted octanol–water partition coefficient (Wildman–Crippen LogP) is 4.35. The quantitative estimate of drug-likeness (QED) is 0.553. The van der Waals surface area contributed by atoms with Crippen molar-refractivity contribution in [2.45, 2.75) is 19.9 Å². The summed E-state index contributed by atoms with van der Waals surface area (Å²) in [6, 6.07) is 21.9. The number of hydrogen-bond acceptors (Lipinski definition) is 3. The molecule has 0 amide bonds. The molecule has 3 rings (SSSR count). The van der Waals surface area contributed by atoms with Gasteiger partial charge in [-0.1, -0.05) is 74.5 Å². The molecule has 0 aliphatic carbocycles. The fourth-order valence-electron chi connectivity index (χ4n) is 3.88. The van der Waals surface area contributed by atoms with Gasteiger partial charge in [0.25, 0.3) is 0 Å². The smallest absolute Gasteiger partial charge is 0.146 e. The molecular formula is C22H29NO2. The molecule has 0 unspecified atom stereocenters. The maximum Gasteiger partial charge on any atom is 0.146 e. The van der Waals surface area contributed by atoms with Crippen molar-refractivity contribution in [3.8, 4) is 0 Å². The molecule has 1 saturated heterocycles. The fraction of sp³-hybridized carbons (Fsp3) is 0.455. The molecule has 2 atom stereocenters. The second kappa shape index (κ2) is 8.13. The number of ether oxygens (including phenoxy) is 2. The second-order valence-corrected chi connectivity index (χ2v) is 7.46. The summed E-state index contributed by atoms with van der Waals surface area (Å²) >= 11 is 0. The number of rotatable bonds is 7. The van der Waals surface area contributed by atoms with Gasteiger partial charge in [-0.15, -0.1) is 0 Å². The lowest BCUT2D eigenvalue weighted by atomic mass is 9.82. The summed E-state index contributed by atoms with van der Waals surface area (Å²) in [5.41, 5.74) is 2.84. The van der Waals surface area contributed by atoms with E-state index in [1.807, 2.05) is 0 Å². The van der Waals surface area contributed by atoms with Gasteiger partial charge in [-0.05, 0) is 17.0 Å². The number of benzene rings is 2. The van der Waals surface area contributed by atoms with E-state index < -0.39 is 0 Å². The predicted molar refractivity (Wildman–Crippen MR) is 101 cm³/mol. The first kappa shape index (κ1) is 18.1. The third-order valence-corrected chi connectivity index (χ3v) is 5.49. The lowest BCUT2D eigenvalue weighted by Crippen LogP contribution is -2.33. The zero-order valence-electron chi connectivity index (χ0n) is 15.5. The molecule has 134 valence electrons. The Hall–Kier alpha value is -1.68. The van der Waals surface area contributed by atoms with Crippen molar-refractivity contribution in [2.75, 3.05) is 33.6 Å². The Balaban J connectivity index is 1.85. The topological polar surface area (TPSA) is 21.7 Å². The molecule has 1 aliphatic rings. The Morgan fingerprint density at radius 2 is 1.60 bits per heavy atom. The van der Waals surface area contributed by atoms with Gasteiger partial charge in [0, 0.05) is 25.6 Å². The van der Waals surface area contributed by atoms with Crippen LogP contribution in [-0.4, -0.2) is 38.5 Å². The first-order valence-electron chi connectivity index (χ1n) is 9.05. The summed E-state index contributed by atoms with van der Waals surface area (Å²) < 4.78 is 10.8. The molecule has 3 heteroatoms. The van der Waals surface area contributed by atoms with Crippen LogP contribution < -0.4 is 0 Å². The van der Waals surface area contributed by atoms with Gasteiger partial charge < -0.3 is 9.47 Å². The summed E-state index contributed by atoms with van der Waals surface area (Å²) in [4.78, 5) is 2.60. The number of likely N-dealkylation sites (tertiary alicyclic amines) is 1. The average Bonchev–Trinajstić information content (AvgIpc) is 2.92. The maximum absolute atomic E-state index is 5.73. The lowest BCUT2D eigenvalue weighted by molar-refractivity contribution is -0.0659. The van der Waals surface area contributed by atoms with Crippen LogP contribution in [0.3, 0.4) is 0 Å². The van der Waals surface area contributed by atoms with Crippen molar-refractivity contribution < 1.29 is 9.47 Å². The van der Waals surface area contributed by atoms with Crippen molar-refractivity contribution in [1.82, 2.24) is 4.90 Å². The molecular weight excluding hydrogens is 310 g/mol. The molecule has 0 spiro atoms. The Morgan fingerprint density at radius 3 is 2.12 bits per heavy atom. The minimum absolute atomic E-state index is 0.139. The van der Waals surface area contributed by atoms with E-state index >= 15 is 0 Å². The molecule has 0 aromatic heterocycles. The normalized spacial score (nSPS) is 24.1.